The second-order valence-corrected chi connectivity index (χ2v) is 10.7. The van der Waals surface area contributed by atoms with Gasteiger partial charge in [0.1, 0.15) is 0 Å². The van der Waals surface area contributed by atoms with Crippen molar-refractivity contribution in [1.29, 1.82) is 0 Å². The van der Waals surface area contributed by atoms with E-state index in [2.05, 4.69) is 22.8 Å². The van der Waals surface area contributed by atoms with Crippen molar-refractivity contribution < 1.29 is 23.9 Å². The average Bonchev–Trinajstić information content (AvgIpc) is 2.94. The van der Waals surface area contributed by atoms with Gasteiger partial charge in [-0.05, 0) is 72.4 Å². The van der Waals surface area contributed by atoms with Crippen molar-refractivity contribution in [3.63, 3.8) is 0 Å². The molecule has 1 unspecified atom stereocenters. The Morgan fingerprint density at radius 1 is 0.925 bits per heavy atom. The van der Waals surface area contributed by atoms with E-state index in [-0.39, 0.29) is 12.1 Å². The van der Waals surface area contributed by atoms with Gasteiger partial charge < -0.3 is 15.7 Å². The molecule has 0 aliphatic heterocycles. The van der Waals surface area contributed by atoms with Gasteiger partial charge in [-0.2, -0.15) is 0 Å². The predicted molar refractivity (Wildman–Crippen MR) is 155 cm³/mol. The van der Waals surface area contributed by atoms with Crippen molar-refractivity contribution >= 4 is 52.5 Å². The maximum absolute atomic E-state index is 13.5. The lowest BCUT2D eigenvalue weighted by Gasteiger charge is -2.26. The third-order valence-electron chi connectivity index (χ3n) is 6.91. The Balaban J connectivity index is 1.52. The number of amides is 3. The Labute approximate surface area is 242 Å². The number of carboxylic acid groups (broad SMARTS) is 1. The van der Waals surface area contributed by atoms with Crippen molar-refractivity contribution in [2.75, 3.05) is 16.8 Å². The molecule has 0 radical (unpaired) electrons. The summed E-state index contributed by atoms with van der Waals surface area (Å²) >= 11 is 12.2. The van der Waals surface area contributed by atoms with Crippen molar-refractivity contribution in [3.8, 4) is 0 Å². The molecule has 1 saturated carbocycles. The van der Waals surface area contributed by atoms with Gasteiger partial charge in [-0.15, -0.1) is 0 Å². The van der Waals surface area contributed by atoms with Crippen LogP contribution in [0.2, 0.25) is 10.0 Å². The van der Waals surface area contributed by atoms with E-state index in [1.807, 2.05) is 12.1 Å². The molecule has 4 rings (SSSR count). The van der Waals surface area contributed by atoms with E-state index in [1.165, 1.54) is 49.8 Å². The summed E-state index contributed by atoms with van der Waals surface area (Å²) in [6, 6.07) is 18.9. The predicted octanol–water partition coefficient (Wildman–Crippen LogP) is 7.43. The van der Waals surface area contributed by atoms with Crippen molar-refractivity contribution in [2.45, 2.75) is 50.7 Å². The van der Waals surface area contributed by atoms with Crippen LogP contribution in [0.3, 0.4) is 0 Å². The molecule has 1 fully saturated rings. The van der Waals surface area contributed by atoms with E-state index in [4.69, 9.17) is 28.3 Å². The van der Waals surface area contributed by atoms with Gasteiger partial charge >= 0.3 is 12.0 Å². The van der Waals surface area contributed by atoms with Gasteiger partial charge in [0.2, 0.25) is 6.17 Å². The lowest BCUT2D eigenvalue weighted by atomic mass is 9.84. The molecular formula is C30H30Cl2FN3O4. The molecule has 1 aliphatic rings. The second-order valence-electron chi connectivity index (χ2n) is 9.81. The third kappa shape index (κ3) is 7.96. The van der Waals surface area contributed by atoms with Crippen LogP contribution in [0.15, 0.2) is 66.7 Å². The molecule has 3 aromatic carbocycles. The molecule has 210 valence electrons. The first-order valence-corrected chi connectivity index (χ1v) is 13.8. The van der Waals surface area contributed by atoms with Gasteiger partial charge in [0, 0.05) is 27.0 Å². The van der Waals surface area contributed by atoms with Crippen LogP contribution in [0.25, 0.3) is 0 Å². The summed E-state index contributed by atoms with van der Waals surface area (Å²) in [5, 5.41) is 14.6. The smallest absolute Gasteiger partial charge is 0.340 e. The number of halogens is 3. The third-order valence-corrected chi connectivity index (χ3v) is 7.34. The van der Waals surface area contributed by atoms with Gasteiger partial charge in [-0.3, -0.25) is 9.69 Å². The molecule has 3 aromatic rings. The molecule has 40 heavy (non-hydrogen) atoms. The number of rotatable bonds is 9. The Morgan fingerprint density at radius 2 is 1.55 bits per heavy atom. The highest BCUT2D eigenvalue weighted by Crippen LogP contribution is 2.34. The number of carboxylic acids is 1. The summed E-state index contributed by atoms with van der Waals surface area (Å²) in [4.78, 5) is 38.0. The van der Waals surface area contributed by atoms with E-state index >= 15 is 0 Å². The van der Waals surface area contributed by atoms with Gasteiger partial charge in [0.15, 0.2) is 0 Å². The quantitative estimate of drug-likeness (QED) is 0.243. The zero-order valence-corrected chi connectivity index (χ0v) is 23.2. The van der Waals surface area contributed by atoms with Gasteiger partial charge in [0.05, 0.1) is 13.1 Å². The number of alkyl halides is 1. The van der Waals surface area contributed by atoms with E-state index in [1.54, 1.807) is 35.2 Å². The first-order chi connectivity index (χ1) is 19.2. The van der Waals surface area contributed by atoms with Gasteiger partial charge in [0.25, 0.3) is 5.91 Å². The summed E-state index contributed by atoms with van der Waals surface area (Å²) in [6.45, 7) is -0.440. The lowest BCUT2D eigenvalue weighted by molar-refractivity contribution is -0.142. The van der Waals surface area contributed by atoms with Crippen molar-refractivity contribution in [2.24, 2.45) is 0 Å². The highest BCUT2D eigenvalue weighted by atomic mass is 35.5. The number of carbonyl (C=O) groups is 3. The Hall–Kier alpha value is -3.62. The highest BCUT2D eigenvalue weighted by molar-refractivity contribution is 6.35. The fourth-order valence-electron chi connectivity index (χ4n) is 4.78. The normalized spacial score (nSPS) is 14.3. The minimum Gasteiger partial charge on any atom is -0.479 e. The fourth-order valence-corrected chi connectivity index (χ4v) is 5.30. The summed E-state index contributed by atoms with van der Waals surface area (Å²) in [7, 11) is 0. The van der Waals surface area contributed by atoms with Crippen LogP contribution in [0.1, 0.15) is 59.5 Å². The van der Waals surface area contributed by atoms with Crippen LogP contribution in [0.5, 0.6) is 0 Å². The molecule has 0 aromatic heterocycles. The van der Waals surface area contributed by atoms with E-state index in [9.17, 15) is 18.8 Å². The monoisotopic (exact) mass is 585 g/mol. The number of carbonyl (C=O) groups excluding carboxylic acids is 2. The largest absolute Gasteiger partial charge is 0.479 e. The molecule has 3 amide bonds. The number of aliphatic carboxylic acids is 1. The molecule has 0 saturated heterocycles. The molecule has 7 nitrogen and oxygen atoms in total. The Morgan fingerprint density at radius 3 is 2.15 bits per heavy atom. The SMILES string of the molecule is O=C(NCC(F)C(=O)O)c1ccc(CN(C(=O)Nc2cc(Cl)cc(Cl)c2)c2ccc(C3CCCCC3)cc2)cc1. The number of nitrogens with one attached hydrogen (secondary N) is 2. The van der Waals surface area contributed by atoms with Crippen LogP contribution in [0, 0.1) is 0 Å². The lowest BCUT2D eigenvalue weighted by Crippen LogP contribution is -2.35. The number of hydrogen-bond donors (Lipinski definition) is 3. The van der Waals surface area contributed by atoms with Gasteiger partial charge in [-0.1, -0.05) is 66.7 Å². The maximum Gasteiger partial charge on any atom is 0.340 e. The first kappa shape index (κ1) is 29.4. The molecule has 0 heterocycles. The van der Waals surface area contributed by atoms with Crippen LogP contribution >= 0.6 is 23.2 Å². The van der Waals surface area contributed by atoms with E-state index < -0.39 is 30.6 Å². The molecule has 0 spiro atoms. The Bertz CT molecular complexity index is 1330. The molecule has 10 heteroatoms. The topological polar surface area (TPSA) is 98.7 Å². The molecular weight excluding hydrogens is 556 g/mol. The summed E-state index contributed by atoms with van der Waals surface area (Å²) in [6.07, 6.45) is 3.88. The summed E-state index contributed by atoms with van der Waals surface area (Å²) in [5.74, 6) is -1.71. The summed E-state index contributed by atoms with van der Waals surface area (Å²) < 4.78 is 13.3. The number of urea groups is 1. The molecule has 3 N–H and O–H groups in total. The molecule has 0 bridgehead atoms. The maximum atomic E-state index is 13.5. The standard InChI is InChI=1S/C30H30Cl2FN3O4/c31-23-14-24(32)16-25(15-23)35-30(40)36(26-12-10-21(11-13-26)20-4-2-1-3-5-20)18-19-6-8-22(9-7-19)28(37)34-17-27(33)29(38)39/h6-16,20,27H,1-5,17-18H2,(H,34,37)(H,35,40)(H,38,39). The zero-order valence-electron chi connectivity index (χ0n) is 21.7. The first-order valence-electron chi connectivity index (χ1n) is 13.1. The van der Waals surface area contributed by atoms with Crippen LogP contribution in [-0.2, 0) is 11.3 Å². The average molecular weight is 586 g/mol. The number of benzene rings is 3. The van der Waals surface area contributed by atoms with Crippen LogP contribution < -0.4 is 15.5 Å². The number of nitrogens with zero attached hydrogens (tertiary/aromatic N) is 1. The van der Waals surface area contributed by atoms with E-state index in [0.29, 0.717) is 27.3 Å². The van der Waals surface area contributed by atoms with Crippen molar-refractivity contribution in [1.82, 2.24) is 5.32 Å². The molecule has 1 atom stereocenters. The van der Waals surface area contributed by atoms with Gasteiger partial charge in [-0.25, -0.2) is 14.0 Å². The fraction of sp³-hybridized carbons (Fsp3) is 0.300. The zero-order chi connectivity index (χ0) is 28.6. The van der Waals surface area contributed by atoms with Crippen LogP contribution in [-0.4, -0.2) is 35.7 Å². The Kier molecular flexibility index (Phi) is 10.0. The van der Waals surface area contributed by atoms with E-state index in [0.717, 1.165) is 5.56 Å². The summed E-state index contributed by atoms with van der Waals surface area (Å²) in [5.41, 5.74) is 3.38. The minimum atomic E-state index is -2.19. The highest BCUT2D eigenvalue weighted by Gasteiger charge is 2.21. The number of anilines is 2. The number of hydrogen-bond acceptors (Lipinski definition) is 3. The molecule has 1 aliphatic carbocycles. The second kappa shape index (κ2) is 13.6. The van der Waals surface area contributed by atoms with Crippen LogP contribution in [0.4, 0.5) is 20.6 Å². The van der Waals surface area contributed by atoms with Crippen molar-refractivity contribution in [3.05, 3.63) is 93.5 Å². The minimum absolute atomic E-state index is 0.191.